The van der Waals surface area contributed by atoms with E-state index in [0.29, 0.717) is 18.4 Å². The molecular formula is C15H21ClN2O. The van der Waals surface area contributed by atoms with Crippen LogP contribution in [0, 0.1) is 0 Å². The third kappa shape index (κ3) is 3.28. The molecule has 3 nitrogen and oxygen atoms in total. The van der Waals surface area contributed by atoms with E-state index in [0.717, 1.165) is 32.5 Å². The molecule has 2 aliphatic rings. The lowest BCUT2D eigenvalue weighted by atomic mass is 9.99. The first-order valence-electron chi connectivity index (χ1n) is 6.91. The van der Waals surface area contributed by atoms with Crippen molar-refractivity contribution >= 4 is 18.3 Å². The van der Waals surface area contributed by atoms with E-state index in [1.54, 1.807) is 0 Å². The fourth-order valence-corrected chi connectivity index (χ4v) is 2.98. The van der Waals surface area contributed by atoms with Crippen molar-refractivity contribution in [3.8, 4) is 0 Å². The second kappa shape index (κ2) is 6.40. The Morgan fingerprint density at radius 2 is 2.11 bits per heavy atom. The standard InChI is InChI=1S/C15H20N2O.ClH/c18-15(10-14-6-3-8-16-14)17-9-7-12-4-1-2-5-13(12)11-17;/h1-2,4-5,14,16H,3,6-11H2;1H. The third-order valence-corrected chi connectivity index (χ3v) is 4.07. The largest absolute Gasteiger partial charge is 0.338 e. The van der Waals surface area contributed by atoms with Gasteiger partial charge >= 0.3 is 0 Å². The Balaban J connectivity index is 0.00000133. The number of benzene rings is 1. The Hall–Kier alpha value is -1.06. The number of halogens is 1. The number of carbonyl (C=O) groups excluding carboxylic acids is 1. The summed E-state index contributed by atoms with van der Waals surface area (Å²) in [6, 6.07) is 8.87. The van der Waals surface area contributed by atoms with Crippen molar-refractivity contribution in [3.63, 3.8) is 0 Å². The minimum Gasteiger partial charge on any atom is -0.338 e. The highest BCUT2D eigenvalue weighted by molar-refractivity contribution is 5.85. The van der Waals surface area contributed by atoms with Crippen LogP contribution < -0.4 is 5.32 Å². The van der Waals surface area contributed by atoms with Gasteiger partial charge in [-0.25, -0.2) is 0 Å². The molecule has 0 bridgehead atoms. The Morgan fingerprint density at radius 1 is 1.32 bits per heavy atom. The monoisotopic (exact) mass is 280 g/mol. The highest BCUT2D eigenvalue weighted by Gasteiger charge is 2.24. The number of nitrogens with one attached hydrogen (secondary N) is 1. The first-order valence-corrected chi connectivity index (χ1v) is 6.91. The van der Waals surface area contributed by atoms with Gasteiger partial charge < -0.3 is 10.2 Å². The molecule has 1 saturated heterocycles. The number of rotatable bonds is 2. The smallest absolute Gasteiger partial charge is 0.224 e. The molecule has 1 amide bonds. The van der Waals surface area contributed by atoms with Crippen molar-refractivity contribution in [1.29, 1.82) is 0 Å². The zero-order valence-corrected chi connectivity index (χ0v) is 11.9. The Kier molecular flexibility index (Phi) is 4.83. The van der Waals surface area contributed by atoms with Crippen LogP contribution in [0.3, 0.4) is 0 Å². The van der Waals surface area contributed by atoms with Crippen LogP contribution in [0.5, 0.6) is 0 Å². The number of carbonyl (C=O) groups is 1. The minimum atomic E-state index is 0. The summed E-state index contributed by atoms with van der Waals surface area (Å²) in [4.78, 5) is 14.3. The zero-order valence-electron chi connectivity index (χ0n) is 11.1. The van der Waals surface area contributed by atoms with Gasteiger partial charge in [0.25, 0.3) is 0 Å². The van der Waals surface area contributed by atoms with E-state index in [2.05, 4.69) is 29.6 Å². The van der Waals surface area contributed by atoms with Crippen LogP contribution in [0.2, 0.25) is 0 Å². The average Bonchev–Trinajstić information content (AvgIpc) is 2.91. The molecule has 1 aromatic rings. The molecule has 1 N–H and O–H groups in total. The lowest BCUT2D eigenvalue weighted by Gasteiger charge is -2.29. The second-order valence-electron chi connectivity index (χ2n) is 5.33. The summed E-state index contributed by atoms with van der Waals surface area (Å²) in [7, 11) is 0. The Labute approximate surface area is 120 Å². The first-order chi connectivity index (χ1) is 8.83. The molecule has 1 atom stereocenters. The molecule has 4 heteroatoms. The molecule has 0 spiro atoms. The molecule has 0 saturated carbocycles. The second-order valence-corrected chi connectivity index (χ2v) is 5.33. The molecule has 1 fully saturated rings. The Bertz CT molecular complexity index is 444. The van der Waals surface area contributed by atoms with Crippen LogP contribution in [-0.4, -0.2) is 29.9 Å². The molecule has 2 heterocycles. The lowest BCUT2D eigenvalue weighted by Crippen LogP contribution is -2.39. The van der Waals surface area contributed by atoms with Gasteiger partial charge in [0.15, 0.2) is 0 Å². The van der Waals surface area contributed by atoms with E-state index in [1.165, 1.54) is 17.5 Å². The molecule has 19 heavy (non-hydrogen) atoms. The van der Waals surface area contributed by atoms with E-state index >= 15 is 0 Å². The van der Waals surface area contributed by atoms with Gasteiger partial charge in [-0.15, -0.1) is 12.4 Å². The summed E-state index contributed by atoms with van der Waals surface area (Å²) in [5, 5.41) is 3.40. The van der Waals surface area contributed by atoms with Crippen LogP contribution in [0.1, 0.15) is 30.4 Å². The van der Waals surface area contributed by atoms with Crippen molar-refractivity contribution in [1.82, 2.24) is 10.2 Å². The summed E-state index contributed by atoms with van der Waals surface area (Å²) in [6.07, 6.45) is 4.03. The summed E-state index contributed by atoms with van der Waals surface area (Å²) >= 11 is 0. The predicted molar refractivity (Wildman–Crippen MR) is 78.5 cm³/mol. The van der Waals surface area contributed by atoms with Crippen molar-refractivity contribution in [3.05, 3.63) is 35.4 Å². The maximum Gasteiger partial charge on any atom is 0.224 e. The fraction of sp³-hybridized carbons (Fsp3) is 0.533. The highest BCUT2D eigenvalue weighted by Crippen LogP contribution is 2.20. The molecular weight excluding hydrogens is 260 g/mol. The predicted octanol–water partition coefficient (Wildman–Crippen LogP) is 2.14. The van der Waals surface area contributed by atoms with Crippen molar-refractivity contribution in [2.75, 3.05) is 13.1 Å². The third-order valence-electron chi connectivity index (χ3n) is 4.07. The molecule has 1 aromatic carbocycles. The lowest BCUT2D eigenvalue weighted by molar-refractivity contribution is -0.132. The van der Waals surface area contributed by atoms with Gasteiger partial charge in [0.2, 0.25) is 5.91 Å². The van der Waals surface area contributed by atoms with Gasteiger partial charge in [-0.05, 0) is 36.9 Å². The highest BCUT2D eigenvalue weighted by atomic mass is 35.5. The maximum absolute atomic E-state index is 12.2. The van der Waals surface area contributed by atoms with E-state index in [9.17, 15) is 4.79 Å². The molecule has 0 aromatic heterocycles. The quantitative estimate of drug-likeness (QED) is 0.900. The molecule has 3 rings (SSSR count). The van der Waals surface area contributed by atoms with Gasteiger partial charge in [-0.2, -0.15) is 0 Å². The van der Waals surface area contributed by atoms with E-state index in [1.807, 2.05) is 4.90 Å². The van der Waals surface area contributed by atoms with Crippen LogP contribution >= 0.6 is 12.4 Å². The maximum atomic E-state index is 12.2. The number of hydrogen-bond acceptors (Lipinski definition) is 2. The van der Waals surface area contributed by atoms with Crippen LogP contribution in [0.25, 0.3) is 0 Å². The Morgan fingerprint density at radius 3 is 2.84 bits per heavy atom. The van der Waals surface area contributed by atoms with E-state index in [-0.39, 0.29) is 12.4 Å². The van der Waals surface area contributed by atoms with Gasteiger partial charge in [-0.3, -0.25) is 4.79 Å². The summed E-state index contributed by atoms with van der Waals surface area (Å²) < 4.78 is 0. The first kappa shape index (κ1) is 14.4. The van der Waals surface area contributed by atoms with Crippen molar-refractivity contribution in [2.45, 2.75) is 38.3 Å². The van der Waals surface area contributed by atoms with E-state index < -0.39 is 0 Å². The van der Waals surface area contributed by atoms with Gasteiger partial charge in [-0.1, -0.05) is 24.3 Å². The molecule has 0 aliphatic carbocycles. The number of hydrogen-bond donors (Lipinski definition) is 1. The molecule has 1 unspecified atom stereocenters. The molecule has 2 aliphatic heterocycles. The van der Waals surface area contributed by atoms with Crippen LogP contribution in [-0.2, 0) is 17.8 Å². The van der Waals surface area contributed by atoms with Gasteiger partial charge in [0.05, 0.1) is 0 Å². The van der Waals surface area contributed by atoms with E-state index in [4.69, 9.17) is 0 Å². The minimum absolute atomic E-state index is 0. The van der Waals surface area contributed by atoms with Crippen molar-refractivity contribution in [2.24, 2.45) is 0 Å². The summed E-state index contributed by atoms with van der Waals surface area (Å²) in [5.74, 6) is 0.309. The van der Waals surface area contributed by atoms with Gasteiger partial charge in [0.1, 0.15) is 0 Å². The fourth-order valence-electron chi connectivity index (χ4n) is 2.98. The van der Waals surface area contributed by atoms with Crippen molar-refractivity contribution < 1.29 is 4.79 Å². The van der Waals surface area contributed by atoms with Crippen LogP contribution in [0.15, 0.2) is 24.3 Å². The SMILES string of the molecule is Cl.O=C(CC1CCCN1)N1CCc2ccccc2C1. The topological polar surface area (TPSA) is 32.3 Å². The molecule has 104 valence electrons. The average molecular weight is 281 g/mol. The summed E-state index contributed by atoms with van der Waals surface area (Å²) in [5.41, 5.74) is 2.72. The normalized spacial score (nSPS) is 21.7. The number of fused-ring (bicyclic) bond motifs is 1. The number of nitrogens with zero attached hydrogens (tertiary/aromatic N) is 1. The summed E-state index contributed by atoms with van der Waals surface area (Å²) in [6.45, 7) is 2.74. The number of amides is 1. The molecule has 0 radical (unpaired) electrons. The van der Waals surface area contributed by atoms with Crippen LogP contribution in [0.4, 0.5) is 0 Å². The zero-order chi connectivity index (χ0) is 12.4. The van der Waals surface area contributed by atoms with Gasteiger partial charge in [0, 0.05) is 25.6 Å².